The van der Waals surface area contributed by atoms with E-state index in [0.717, 1.165) is 17.7 Å². The first-order valence-electron chi connectivity index (χ1n) is 9.91. The third kappa shape index (κ3) is 4.78. The van der Waals surface area contributed by atoms with Gasteiger partial charge in [0.15, 0.2) is 0 Å². The Morgan fingerprint density at radius 1 is 1.03 bits per heavy atom. The first-order valence-corrected chi connectivity index (χ1v) is 10.7. The van der Waals surface area contributed by atoms with Crippen LogP contribution in [0.3, 0.4) is 0 Å². The molecule has 0 aliphatic heterocycles. The van der Waals surface area contributed by atoms with E-state index in [1.807, 2.05) is 0 Å². The van der Waals surface area contributed by atoms with Crippen molar-refractivity contribution in [2.24, 2.45) is 7.05 Å². The molecule has 4 aromatic rings. The highest BCUT2D eigenvalue weighted by atomic mass is 35.5. The number of halogens is 5. The number of phenolic OH excluding ortho intramolecular Hbond substituents is 1. The summed E-state index contributed by atoms with van der Waals surface area (Å²) in [5.74, 6) is -0.212. The summed E-state index contributed by atoms with van der Waals surface area (Å²) in [6.07, 6.45) is -4.70. The Labute approximate surface area is 201 Å². The van der Waals surface area contributed by atoms with Crippen molar-refractivity contribution < 1.29 is 23.0 Å². The Hall–Kier alpha value is -3.36. The number of nitrogens with zero attached hydrogens (tertiary/aromatic N) is 1. The topological polar surface area (TPSA) is 67.2 Å². The van der Waals surface area contributed by atoms with Gasteiger partial charge in [-0.05, 0) is 47.5 Å². The fraction of sp³-hybridized carbons (Fsp3) is 0.125. The van der Waals surface area contributed by atoms with E-state index in [-0.39, 0.29) is 40.4 Å². The Morgan fingerprint density at radius 3 is 2.35 bits per heavy atom. The van der Waals surface area contributed by atoms with Gasteiger partial charge in [-0.3, -0.25) is 14.6 Å². The summed E-state index contributed by atoms with van der Waals surface area (Å²) in [6.45, 7) is 0.0742. The van der Waals surface area contributed by atoms with Crippen molar-refractivity contribution in [3.05, 3.63) is 92.2 Å². The number of rotatable bonds is 5. The Bertz CT molecular complexity index is 1410. The third-order valence-corrected chi connectivity index (χ3v) is 5.77. The van der Waals surface area contributed by atoms with E-state index in [9.17, 15) is 23.1 Å². The molecule has 0 unspecified atom stereocenters. The molecule has 1 aromatic heterocycles. The van der Waals surface area contributed by atoms with Crippen LogP contribution in [0.5, 0.6) is 11.5 Å². The first kappa shape index (κ1) is 23.8. The number of hydrogen-bond donors (Lipinski definition) is 2. The van der Waals surface area contributed by atoms with Gasteiger partial charge in [0.05, 0.1) is 21.8 Å². The maximum Gasteiger partial charge on any atom is 0.417 e. The molecule has 10 heteroatoms. The van der Waals surface area contributed by atoms with Gasteiger partial charge < -0.3 is 9.84 Å². The molecule has 0 aliphatic rings. The van der Waals surface area contributed by atoms with Gasteiger partial charge in [-0.1, -0.05) is 41.4 Å². The molecule has 0 bridgehead atoms. The minimum atomic E-state index is -4.70. The van der Waals surface area contributed by atoms with E-state index in [1.165, 1.54) is 36.0 Å². The lowest BCUT2D eigenvalue weighted by molar-refractivity contribution is -0.137. The molecule has 2 N–H and O–H groups in total. The van der Waals surface area contributed by atoms with Crippen molar-refractivity contribution in [1.29, 1.82) is 0 Å². The predicted molar refractivity (Wildman–Crippen MR) is 124 cm³/mol. The Balaban J connectivity index is 1.85. The van der Waals surface area contributed by atoms with Crippen LogP contribution in [-0.4, -0.2) is 14.9 Å². The fourth-order valence-corrected chi connectivity index (χ4v) is 3.81. The highest BCUT2D eigenvalue weighted by molar-refractivity contribution is 6.31. The molecule has 4 rings (SSSR count). The number of aryl methyl sites for hydroxylation is 1. The predicted octanol–water partition coefficient (Wildman–Crippen LogP) is 6.66. The second-order valence-electron chi connectivity index (χ2n) is 7.51. The number of benzene rings is 3. The molecule has 0 aliphatic carbocycles. The minimum absolute atomic E-state index is 0.0262. The highest BCUT2D eigenvalue weighted by Gasteiger charge is 2.34. The summed E-state index contributed by atoms with van der Waals surface area (Å²) >= 11 is 11.7. The van der Waals surface area contributed by atoms with Gasteiger partial charge in [0.1, 0.15) is 18.1 Å². The fourth-order valence-electron chi connectivity index (χ4n) is 3.46. The molecule has 34 heavy (non-hydrogen) atoms. The molecule has 0 amide bonds. The monoisotopic (exact) mass is 508 g/mol. The summed E-state index contributed by atoms with van der Waals surface area (Å²) in [6, 6.07) is 14.5. The van der Waals surface area contributed by atoms with Crippen molar-refractivity contribution in [2.75, 3.05) is 0 Å². The van der Waals surface area contributed by atoms with Crippen molar-refractivity contribution in [3.63, 3.8) is 0 Å². The molecular weight excluding hydrogens is 492 g/mol. The average Bonchev–Trinajstić information content (AvgIpc) is 3.11. The molecule has 0 saturated carbocycles. The van der Waals surface area contributed by atoms with Gasteiger partial charge >= 0.3 is 6.18 Å². The van der Waals surface area contributed by atoms with Crippen LogP contribution in [0.2, 0.25) is 10.0 Å². The second-order valence-corrected chi connectivity index (χ2v) is 8.35. The second kappa shape index (κ2) is 9.12. The Kier molecular flexibility index (Phi) is 6.38. The number of hydrogen-bond acceptors (Lipinski definition) is 3. The number of nitrogens with one attached hydrogen (secondary N) is 1. The number of aromatic amines is 1. The van der Waals surface area contributed by atoms with Gasteiger partial charge in [0.25, 0.3) is 5.56 Å². The molecular formula is C24H17Cl2F3N2O3. The van der Waals surface area contributed by atoms with E-state index in [0.29, 0.717) is 10.7 Å². The Morgan fingerprint density at radius 2 is 1.74 bits per heavy atom. The normalized spacial score (nSPS) is 11.6. The van der Waals surface area contributed by atoms with Crippen molar-refractivity contribution in [1.82, 2.24) is 9.78 Å². The standard InChI is InChI=1S/C24H17Cl2F3N2O3/c1-31-21(32)11-19(30-31)16-7-9-20(34-12-13-2-5-15(25)6-3-13)22(23(16)33)14-4-8-18(26)17(10-14)24(27,28)29/h2-11,30,33H,12H2,1H3. The van der Waals surface area contributed by atoms with Crippen molar-refractivity contribution >= 4 is 23.2 Å². The highest BCUT2D eigenvalue weighted by Crippen LogP contribution is 2.46. The number of aromatic nitrogens is 2. The van der Waals surface area contributed by atoms with Gasteiger partial charge in [-0.2, -0.15) is 13.2 Å². The lowest BCUT2D eigenvalue weighted by Crippen LogP contribution is -2.09. The molecule has 0 radical (unpaired) electrons. The maximum atomic E-state index is 13.5. The molecule has 0 atom stereocenters. The van der Waals surface area contributed by atoms with E-state index >= 15 is 0 Å². The van der Waals surface area contributed by atoms with Gasteiger partial charge in [0, 0.05) is 23.7 Å². The third-order valence-electron chi connectivity index (χ3n) is 5.18. The molecule has 5 nitrogen and oxygen atoms in total. The molecule has 3 aromatic carbocycles. The molecule has 1 heterocycles. The largest absolute Gasteiger partial charge is 0.506 e. The average molecular weight is 509 g/mol. The summed E-state index contributed by atoms with van der Waals surface area (Å²) in [7, 11) is 1.50. The molecule has 0 spiro atoms. The SMILES string of the molecule is Cn1[nH]c(-c2ccc(OCc3ccc(Cl)cc3)c(-c3ccc(Cl)c(C(F)(F)F)c3)c2O)cc1=O. The van der Waals surface area contributed by atoms with Crippen LogP contribution in [0.15, 0.2) is 65.5 Å². The van der Waals surface area contributed by atoms with E-state index in [2.05, 4.69) is 5.10 Å². The summed E-state index contributed by atoms with van der Waals surface area (Å²) < 4.78 is 47.6. The maximum absolute atomic E-state index is 13.5. The van der Waals surface area contributed by atoms with Crippen molar-refractivity contribution in [3.8, 4) is 33.9 Å². The quantitative estimate of drug-likeness (QED) is 0.316. The van der Waals surface area contributed by atoms with Crippen LogP contribution in [0.1, 0.15) is 11.1 Å². The van der Waals surface area contributed by atoms with Crippen LogP contribution < -0.4 is 10.3 Å². The van der Waals surface area contributed by atoms with Crippen LogP contribution >= 0.6 is 23.2 Å². The summed E-state index contributed by atoms with van der Waals surface area (Å²) in [5, 5.41) is 14.0. The van der Waals surface area contributed by atoms with Gasteiger partial charge in [-0.25, -0.2) is 0 Å². The lowest BCUT2D eigenvalue weighted by Gasteiger charge is -2.17. The number of H-pyrrole nitrogens is 1. The van der Waals surface area contributed by atoms with Crippen LogP contribution in [0, 0.1) is 0 Å². The zero-order valence-corrected chi connectivity index (χ0v) is 19.1. The summed E-state index contributed by atoms with van der Waals surface area (Å²) in [4.78, 5) is 11.9. The zero-order chi connectivity index (χ0) is 24.6. The number of aromatic hydroxyl groups is 1. The molecule has 0 saturated heterocycles. The van der Waals surface area contributed by atoms with E-state index in [1.54, 1.807) is 24.3 Å². The minimum Gasteiger partial charge on any atom is -0.506 e. The number of ether oxygens (including phenoxy) is 1. The van der Waals surface area contributed by atoms with E-state index in [4.69, 9.17) is 27.9 Å². The van der Waals surface area contributed by atoms with Gasteiger partial charge in [0.2, 0.25) is 0 Å². The van der Waals surface area contributed by atoms with E-state index < -0.39 is 16.8 Å². The number of alkyl halides is 3. The van der Waals surface area contributed by atoms with Crippen LogP contribution in [0.4, 0.5) is 13.2 Å². The van der Waals surface area contributed by atoms with Crippen LogP contribution in [0.25, 0.3) is 22.4 Å². The molecule has 176 valence electrons. The number of phenols is 1. The van der Waals surface area contributed by atoms with Gasteiger partial charge in [-0.15, -0.1) is 0 Å². The summed E-state index contributed by atoms with van der Waals surface area (Å²) in [5.41, 5.74) is -0.0501. The smallest absolute Gasteiger partial charge is 0.417 e. The first-order chi connectivity index (χ1) is 16.0. The zero-order valence-electron chi connectivity index (χ0n) is 17.6. The van der Waals surface area contributed by atoms with Crippen molar-refractivity contribution in [2.45, 2.75) is 12.8 Å². The lowest BCUT2D eigenvalue weighted by atomic mass is 9.97. The van der Waals surface area contributed by atoms with Crippen LogP contribution in [-0.2, 0) is 19.8 Å². The molecule has 0 fully saturated rings.